The van der Waals surface area contributed by atoms with Gasteiger partial charge in [-0.2, -0.15) is 0 Å². The van der Waals surface area contributed by atoms with Crippen LogP contribution in [0.1, 0.15) is 33.6 Å². The monoisotopic (exact) mass is 261 g/mol. The zero-order chi connectivity index (χ0) is 13.5. The van der Waals surface area contributed by atoms with Crippen LogP contribution < -0.4 is 11.1 Å². The third-order valence-corrected chi connectivity index (χ3v) is 2.07. The van der Waals surface area contributed by atoms with E-state index in [9.17, 15) is 4.79 Å². The van der Waals surface area contributed by atoms with E-state index in [1.54, 1.807) is 11.9 Å². The van der Waals surface area contributed by atoms with Gasteiger partial charge in [0.1, 0.15) is 5.60 Å². The van der Waals surface area contributed by atoms with E-state index in [0.29, 0.717) is 11.7 Å². The van der Waals surface area contributed by atoms with E-state index in [1.165, 1.54) is 0 Å². The molecule has 0 bridgehead atoms. The lowest BCUT2D eigenvalue weighted by molar-refractivity contribution is 0.0296. The van der Waals surface area contributed by atoms with Crippen molar-refractivity contribution in [2.24, 2.45) is 5.73 Å². The van der Waals surface area contributed by atoms with Gasteiger partial charge in [0.05, 0.1) is 0 Å². The first-order valence-electron chi connectivity index (χ1n) is 5.70. The lowest BCUT2D eigenvalue weighted by atomic mass is 10.2. The Balaban J connectivity index is 3.68. The molecule has 3 N–H and O–H groups in total. The van der Waals surface area contributed by atoms with Crippen LogP contribution in [0.5, 0.6) is 0 Å². The molecule has 0 heterocycles. The van der Waals surface area contributed by atoms with E-state index in [0.717, 1.165) is 19.4 Å². The normalized spacial score (nSPS) is 10.8. The number of amides is 1. The second-order valence-corrected chi connectivity index (χ2v) is 5.34. The second kappa shape index (κ2) is 7.32. The average Bonchev–Trinajstić information content (AvgIpc) is 2.13. The molecule has 0 radical (unpaired) electrons. The van der Waals surface area contributed by atoms with E-state index < -0.39 is 5.60 Å². The maximum atomic E-state index is 11.6. The van der Waals surface area contributed by atoms with E-state index in [4.69, 9.17) is 10.5 Å². The molecular weight excluding hydrogens is 238 g/mol. The van der Waals surface area contributed by atoms with Crippen LogP contribution in [0.15, 0.2) is 0 Å². The molecule has 0 aromatic rings. The van der Waals surface area contributed by atoms with Crippen molar-refractivity contribution < 1.29 is 9.53 Å². The van der Waals surface area contributed by atoms with Crippen LogP contribution in [0, 0.1) is 0 Å². The summed E-state index contributed by atoms with van der Waals surface area (Å²) in [7, 11) is 1.73. The quantitative estimate of drug-likeness (QED) is 0.579. The summed E-state index contributed by atoms with van der Waals surface area (Å²) < 4.78 is 5.23. The van der Waals surface area contributed by atoms with Gasteiger partial charge >= 0.3 is 6.09 Å². The maximum Gasteiger partial charge on any atom is 0.410 e. The molecule has 0 spiro atoms. The minimum absolute atomic E-state index is 0.292. The molecule has 0 fully saturated rings. The highest BCUT2D eigenvalue weighted by Crippen LogP contribution is 2.09. The molecule has 100 valence electrons. The van der Waals surface area contributed by atoms with Gasteiger partial charge in [-0.3, -0.25) is 0 Å². The van der Waals surface area contributed by atoms with Crippen molar-refractivity contribution in [1.29, 1.82) is 0 Å². The molecule has 0 aromatic heterocycles. The Labute approximate surface area is 109 Å². The van der Waals surface area contributed by atoms with Crippen molar-refractivity contribution >= 4 is 23.4 Å². The number of unbranched alkanes of at least 4 members (excludes halogenated alkanes) is 1. The Hall–Kier alpha value is -1.04. The predicted molar refractivity (Wildman–Crippen MR) is 72.9 cm³/mol. The molecule has 1 amide bonds. The zero-order valence-electron chi connectivity index (χ0n) is 11.1. The summed E-state index contributed by atoms with van der Waals surface area (Å²) in [4.78, 5) is 13.2. The number of nitrogens with two attached hydrogens (primary N) is 1. The fourth-order valence-electron chi connectivity index (χ4n) is 1.12. The molecule has 0 atom stereocenters. The van der Waals surface area contributed by atoms with Crippen LogP contribution in [-0.2, 0) is 4.74 Å². The number of carbonyl (C=O) groups excluding carboxylic acids is 1. The standard InChI is InChI=1S/C11H23N3O2S/c1-11(2,3)16-10(15)14(4)8-6-5-7-13-9(12)17/h5-8H2,1-4H3,(H3,12,13,17). The van der Waals surface area contributed by atoms with Gasteiger partial charge in [-0.15, -0.1) is 0 Å². The number of ether oxygens (including phenoxy) is 1. The number of nitrogens with zero attached hydrogens (tertiary/aromatic N) is 1. The van der Waals surface area contributed by atoms with Crippen molar-refractivity contribution in [2.75, 3.05) is 20.1 Å². The molecule has 0 aliphatic rings. The summed E-state index contributed by atoms with van der Waals surface area (Å²) in [5.74, 6) is 0. The van der Waals surface area contributed by atoms with Crippen molar-refractivity contribution in [3.8, 4) is 0 Å². The minimum Gasteiger partial charge on any atom is -0.444 e. The number of thiocarbonyl (C=S) groups is 1. The SMILES string of the molecule is CN(CCCCNC(N)=S)C(=O)OC(C)(C)C. The molecule has 0 aromatic carbocycles. The van der Waals surface area contributed by atoms with Gasteiger partial charge in [0.25, 0.3) is 0 Å². The Morgan fingerprint density at radius 2 is 2.00 bits per heavy atom. The van der Waals surface area contributed by atoms with Gasteiger partial charge < -0.3 is 20.7 Å². The van der Waals surface area contributed by atoms with Gasteiger partial charge in [-0.1, -0.05) is 0 Å². The predicted octanol–water partition coefficient (Wildman–Crippen LogP) is 1.47. The second-order valence-electron chi connectivity index (χ2n) is 4.90. The number of rotatable bonds is 5. The van der Waals surface area contributed by atoms with E-state index in [-0.39, 0.29) is 6.09 Å². The highest BCUT2D eigenvalue weighted by atomic mass is 32.1. The average molecular weight is 261 g/mol. The number of hydrogen-bond acceptors (Lipinski definition) is 3. The zero-order valence-corrected chi connectivity index (χ0v) is 11.9. The summed E-state index contributed by atoms with van der Waals surface area (Å²) in [5, 5.41) is 3.17. The Bertz CT molecular complexity index is 264. The first-order chi connectivity index (χ1) is 7.72. The third kappa shape index (κ3) is 9.86. The topological polar surface area (TPSA) is 67.6 Å². The molecule has 0 saturated carbocycles. The van der Waals surface area contributed by atoms with Gasteiger partial charge in [-0.05, 0) is 45.8 Å². The first-order valence-corrected chi connectivity index (χ1v) is 6.10. The van der Waals surface area contributed by atoms with Gasteiger partial charge in [0, 0.05) is 20.1 Å². The molecule has 0 aliphatic carbocycles. The molecule has 6 heteroatoms. The van der Waals surface area contributed by atoms with Crippen molar-refractivity contribution in [1.82, 2.24) is 10.2 Å². The largest absolute Gasteiger partial charge is 0.444 e. The van der Waals surface area contributed by atoms with Gasteiger partial charge in [0.15, 0.2) is 5.11 Å². The molecule has 0 unspecified atom stereocenters. The molecule has 0 rings (SSSR count). The van der Waals surface area contributed by atoms with Crippen LogP contribution in [0.3, 0.4) is 0 Å². The molecule has 0 saturated heterocycles. The summed E-state index contributed by atoms with van der Waals surface area (Å²) >= 11 is 4.68. The highest BCUT2D eigenvalue weighted by molar-refractivity contribution is 7.80. The Morgan fingerprint density at radius 1 is 1.41 bits per heavy atom. The van der Waals surface area contributed by atoms with Crippen LogP contribution in [-0.4, -0.2) is 41.8 Å². The Morgan fingerprint density at radius 3 is 2.47 bits per heavy atom. The lowest BCUT2D eigenvalue weighted by Crippen LogP contribution is -2.35. The van der Waals surface area contributed by atoms with E-state index in [2.05, 4.69) is 17.5 Å². The molecule has 5 nitrogen and oxygen atoms in total. The number of hydrogen-bond donors (Lipinski definition) is 2. The van der Waals surface area contributed by atoms with Crippen molar-refractivity contribution in [3.63, 3.8) is 0 Å². The lowest BCUT2D eigenvalue weighted by Gasteiger charge is -2.24. The fourth-order valence-corrected chi connectivity index (χ4v) is 1.22. The van der Waals surface area contributed by atoms with E-state index >= 15 is 0 Å². The van der Waals surface area contributed by atoms with Crippen molar-refractivity contribution in [2.45, 2.75) is 39.2 Å². The van der Waals surface area contributed by atoms with E-state index in [1.807, 2.05) is 20.8 Å². The third-order valence-electron chi connectivity index (χ3n) is 1.92. The van der Waals surface area contributed by atoms with Crippen LogP contribution in [0.4, 0.5) is 4.79 Å². The number of nitrogens with one attached hydrogen (secondary N) is 1. The molecule has 17 heavy (non-hydrogen) atoms. The summed E-state index contributed by atoms with van der Waals surface area (Å²) in [5.41, 5.74) is 4.84. The van der Waals surface area contributed by atoms with Gasteiger partial charge in [-0.25, -0.2) is 4.79 Å². The summed E-state index contributed by atoms with van der Waals surface area (Å²) in [6.45, 7) is 6.95. The maximum absolute atomic E-state index is 11.6. The molecule has 0 aliphatic heterocycles. The van der Waals surface area contributed by atoms with Crippen molar-refractivity contribution in [3.05, 3.63) is 0 Å². The van der Waals surface area contributed by atoms with Gasteiger partial charge in [0.2, 0.25) is 0 Å². The van der Waals surface area contributed by atoms with Crippen LogP contribution in [0.25, 0.3) is 0 Å². The first kappa shape index (κ1) is 16.0. The summed E-state index contributed by atoms with van der Waals surface area (Å²) in [6, 6.07) is 0. The summed E-state index contributed by atoms with van der Waals surface area (Å²) in [6.07, 6.45) is 1.50. The van der Waals surface area contributed by atoms with Crippen LogP contribution >= 0.6 is 12.2 Å². The smallest absolute Gasteiger partial charge is 0.410 e. The Kier molecular flexibility index (Phi) is 6.87. The molecular formula is C11H23N3O2S. The fraction of sp³-hybridized carbons (Fsp3) is 0.818. The highest BCUT2D eigenvalue weighted by Gasteiger charge is 2.18. The van der Waals surface area contributed by atoms with Crippen LogP contribution in [0.2, 0.25) is 0 Å². The minimum atomic E-state index is -0.446. The number of carbonyl (C=O) groups is 1.